The number of hydrogen-bond acceptors (Lipinski definition) is 1. The van der Waals surface area contributed by atoms with Crippen molar-refractivity contribution < 1.29 is 0 Å². The zero-order valence-electron chi connectivity index (χ0n) is 6.11. The number of hydrogen-bond donors (Lipinski definition) is 1. The molecule has 1 aromatic rings. The second-order valence-corrected chi connectivity index (χ2v) is 2.60. The second kappa shape index (κ2) is 2.93. The monoisotopic (exact) mass is 155 g/mol. The van der Waals surface area contributed by atoms with E-state index in [4.69, 9.17) is 11.8 Å². The summed E-state index contributed by atoms with van der Waals surface area (Å²) in [4.78, 5) is 2.61. The van der Waals surface area contributed by atoms with E-state index in [0.29, 0.717) is 0 Å². The summed E-state index contributed by atoms with van der Waals surface area (Å²) in [6.45, 7) is 4.06. The Labute approximate surface area is 66.1 Å². The fraction of sp³-hybridized carbons (Fsp3) is 0.250. The molecule has 0 amide bonds. The van der Waals surface area contributed by atoms with Crippen LogP contribution in [0.5, 0.6) is 0 Å². The van der Waals surface area contributed by atoms with Gasteiger partial charge in [-0.3, -0.25) is 4.84 Å². The van der Waals surface area contributed by atoms with Gasteiger partial charge in [-0.25, -0.2) is 0 Å². The Morgan fingerprint density at radius 3 is 2.50 bits per heavy atom. The summed E-state index contributed by atoms with van der Waals surface area (Å²) >= 11 is 5.45. The molecular weight excluding hydrogens is 146 g/mol. The van der Waals surface area contributed by atoms with E-state index in [1.165, 1.54) is 11.1 Å². The highest BCUT2D eigenvalue weighted by Gasteiger charge is 1.94. The van der Waals surface area contributed by atoms with E-state index in [1.54, 1.807) is 0 Å². The fourth-order valence-corrected chi connectivity index (χ4v) is 1.04. The molecule has 2 heteroatoms. The molecule has 0 atom stereocenters. The molecule has 10 heavy (non-hydrogen) atoms. The van der Waals surface area contributed by atoms with Gasteiger partial charge in [-0.05, 0) is 31.0 Å². The molecule has 54 valence electrons. The minimum atomic E-state index is 0.988. The molecule has 1 aromatic carbocycles. The third-order valence-electron chi connectivity index (χ3n) is 1.49. The molecule has 0 aliphatic rings. The van der Waals surface area contributed by atoms with Crippen molar-refractivity contribution in [2.45, 2.75) is 13.8 Å². The minimum Gasteiger partial charge on any atom is -0.298 e. The average molecular weight is 156 g/mol. The van der Waals surface area contributed by atoms with E-state index < -0.39 is 0 Å². The van der Waals surface area contributed by atoms with Crippen LogP contribution in [-0.2, 0) is 0 Å². The van der Waals surface area contributed by atoms with Crippen LogP contribution in [0.25, 0.3) is 0 Å². The van der Waals surface area contributed by atoms with E-state index in [-0.39, 0.29) is 0 Å². The van der Waals surface area contributed by atoms with Crippen molar-refractivity contribution in [2.75, 3.05) is 4.84 Å². The topological polar surface area (TPSA) is 12.0 Å². The van der Waals surface area contributed by atoms with E-state index in [2.05, 4.69) is 10.9 Å². The van der Waals surface area contributed by atoms with Crippen LogP contribution in [0.15, 0.2) is 18.2 Å². The SMILES string of the molecule is Cc1ccc(C)c(NCl)c1. The van der Waals surface area contributed by atoms with Gasteiger partial charge in [0.1, 0.15) is 0 Å². The second-order valence-electron chi connectivity index (χ2n) is 2.41. The third-order valence-corrected chi connectivity index (χ3v) is 1.70. The maximum absolute atomic E-state index is 5.45. The van der Waals surface area contributed by atoms with E-state index in [0.717, 1.165) is 5.69 Å². The molecule has 0 unspecified atom stereocenters. The van der Waals surface area contributed by atoms with Crippen LogP contribution in [0.3, 0.4) is 0 Å². The lowest BCUT2D eigenvalue weighted by Crippen LogP contribution is -1.85. The smallest absolute Gasteiger partial charge is 0.0523 e. The van der Waals surface area contributed by atoms with Crippen molar-refractivity contribution in [3.63, 3.8) is 0 Å². The van der Waals surface area contributed by atoms with Gasteiger partial charge in [-0.15, -0.1) is 0 Å². The van der Waals surface area contributed by atoms with Crippen molar-refractivity contribution in [2.24, 2.45) is 0 Å². The largest absolute Gasteiger partial charge is 0.298 e. The molecule has 1 N–H and O–H groups in total. The van der Waals surface area contributed by atoms with E-state index >= 15 is 0 Å². The zero-order valence-corrected chi connectivity index (χ0v) is 6.87. The molecule has 0 aromatic heterocycles. The Hall–Kier alpha value is -0.690. The standard InChI is InChI=1S/C8H10ClN/c1-6-3-4-7(2)8(5-6)10-9/h3-5,10H,1-2H3. The highest BCUT2D eigenvalue weighted by Crippen LogP contribution is 2.16. The summed E-state index contributed by atoms with van der Waals surface area (Å²) in [7, 11) is 0. The Morgan fingerprint density at radius 2 is 2.00 bits per heavy atom. The van der Waals surface area contributed by atoms with Crippen LogP contribution in [0.1, 0.15) is 11.1 Å². The van der Waals surface area contributed by atoms with E-state index in [1.807, 2.05) is 26.0 Å². The molecule has 0 saturated carbocycles. The van der Waals surface area contributed by atoms with Gasteiger partial charge in [0.25, 0.3) is 0 Å². The van der Waals surface area contributed by atoms with Gasteiger partial charge >= 0.3 is 0 Å². The van der Waals surface area contributed by atoms with Gasteiger partial charge in [0.15, 0.2) is 0 Å². The van der Waals surface area contributed by atoms with Crippen LogP contribution in [0.2, 0.25) is 0 Å². The van der Waals surface area contributed by atoms with Gasteiger partial charge in [-0.1, -0.05) is 12.1 Å². The van der Waals surface area contributed by atoms with Crippen molar-refractivity contribution in [3.8, 4) is 0 Å². The predicted molar refractivity (Wildman–Crippen MR) is 45.4 cm³/mol. The molecule has 0 aliphatic carbocycles. The molecule has 0 spiro atoms. The van der Waals surface area contributed by atoms with Gasteiger partial charge in [0.05, 0.1) is 5.69 Å². The maximum atomic E-state index is 5.45. The van der Waals surface area contributed by atoms with E-state index in [9.17, 15) is 0 Å². The Balaban J connectivity index is 3.09. The summed E-state index contributed by atoms with van der Waals surface area (Å²) < 4.78 is 0. The van der Waals surface area contributed by atoms with Gasteiger partial charge in [-0.2, -0.15) is 0 Å². The lowest BCUT2D eigenvalue weighted by Gasteiger charge is -2.02. The number of anilines is 1. The highest BCUT2D eigenvalue weighted by atomic mass is 35.5. The van der Waals surface area contributed by atoms with Crippen LogP contribution in [0, 0.1) is 13.8 Å². The molecule has 0 heterocycles. The Morgan fingerprint density at radius 1 is 1.30 bits per heavy atom. The van der Waals surface area contributed by atoms with Crippen molar-refractivity contribution in [1.29, 1.82) is 0 Å². The van der Waals surface area contributed by atoms with Crippen molar-refractivity contribution in [3.05, 3.63) is 29.3 Å². The molecule has 1 rings (SSSR count). The van der Waals surface area contributed by atoms with Gasteiger partial charge < -0.3 is 0 Å². The number of aryl methyl sites for hydroxylation is 2. The number of halogens is 1. The average Bonchev–Trinajstić information content (AvgIpc) is 1.94. The first-order valence-electron chi connectivity index (χ1n) is 3.18. The van der Waals surface area contributed by atoms with Crippen LogP contribution >= 0.6 is 11.8 Å². The quantitative estimate of drug-likeness (QED) is 0.615. The summed E-state index contributed by atoms with van der Waals surface area (Å²) in [6, 6.07) is 6.12. The first-order chi connectivity index (χ1) is 4.74. The van der Waals surface area contributed by atoms with Gasteiger partial charge in [0, 0.05) is 11.8 Å². The molecule has 0 bridgehead atoms. The number of benzene rings is 1. The molecule has 1 nitrogen and oxygen atoms in total. The van der Waals surface area contributed by atoms with Crippen LogP contribution in [0.4, 0.5) is 5.69 Å². The Bertz CT molecular complexity index is 233. The summed E-state index contributed by atoms with van der Waals surface area (Å²) in [5.41, 5.74) is 3.37. The molecular formula is C8H10ClN. The summed E-state index contributed by atoms with van der Waals surface area (Å²) in [5, 5.41) is 0. The number of rotatable bonds is 1. The first kappa shape index (κ1) is 7.42. The zero-order chi connectivity index (χ0) is 7.56. The fourth-order valence-electron chi connectivity index (χ4n) is 0.838. The maximum Gasteiger partial charge on any atom is 0.0523 e. The first-order valence-corrected chi connectivity index (χ1v) is 3.55. The highest BCUT2D eigenvalue weighted by molar-refractivity contribution is 6.24. The molecule has 0 aliphatic heterocycles. The predicted octanol–water partition coefficient (Wildman–Crippen LogP) is 2.87. The lowest BCUT2D eigenvalue weighted by atomic mass is 10.1. The third kappa shape index (κ3) is 1.42. The molecule has 0 fully saturated rings. The van der Waals surface area contributed by atoms with Gasteiger partial charge in [0.2, 0.25) is 0 Å². The summed E-state index contributed by atoms with van der Waals surface area (Å²) in [6.07, 6.45) is 0. The Kier molecular flexibility index (Phi) is 2.17. The van der Waals surface area contributed by atoms with Crippen LogP contribution < -0.4 is 4.84 Å². The normalized spacial score (nSPS) is 9.50. The summed E-state index contributed by atoms with van der Waals surface area (Å²) in [5.74, 6) is 0. The van der Waals surface area contributed by atoms with Crippen molar-refractivity contribution >= 4 is 17.5 Å². The molecule has 0 saturated heterocycles. The van der Waals surface area contributed by atoms with Crippen molar-refractivity contribution in [1.82, 2.24) is 0 Å². The molecule has 0 radical (unpaired) electrons. The minimum absolute atomic E-state index is 0.988. The van der Waals surface area contributed by atoms with Crippen LogP contribution in [-0.4, -0.2) is 0 Å². The lowest BCUT2D eigenvalue weighted by molar-refractivity contribution is 1.40. The number of nitrogens with one attached hydrogen (secondary N) is 1.